The van der Waals surface area contributed by atoms with E-state index in [9.17, 15) is 18.0 Å². The number of amides is 1. The van der Waals surface area contributed by atoms with Crippen molar-refractivity contribution in [2.24, 2.45) is 0 Å². The maximum absolute atomic E-state index is 13.8. The number of carbonyl (C=O) groups excluding carboxylic acids is 1. The molecule has 1 unspecified atom stereocenters. The molecule has 1 aliphatic rings. The Hall–Kier alpha value is -1.89. The van der Waals surface area contributed by atoms with Crippen molar-refractivity contribution in [2.45, 2.75) is 18.8 Å². The minimum atomic E-state index is -1.53. The van der Waals surface area contributed by atoms with Gasteiger partial charge in [-0.3, -0.25) is 4.79 Å². The fraction of sp³-hybridized carbons (Fsp3) is 0.267. The Bertz CT molecular complexity index is 732. The lowest BCUT2D eigenvalue weighted by atomic mass is 10.1. The Morgan fingerprint density at radius 1 is 1.23 bits per heavy atom. The summed E-state index contributed by atoms with van der Waals surface area (Å²) in [6, 6.07) is 5.52. The SMILES string of the molecule is Cc1ccc(C2SCC(=O)N2Cc2ccc(F)c(F)c2F)o1. The molecule has 1 aromatic heterocycles. The zero-order valence-corrected chi connectivity index (χ0v) is 12.4. The highest BCUT2D eigenvalue weighted by Crippen LogP contribution is 2.40. The van der Waals surface area contributed by atoms with Gasteiger partial charge in [-0.2, -0.15) is 0 Å². The van der Waals surface area contributed by atoms with E-state index < -0.39 is 22.8 Å². The molecule has 7 heteroatoms. The zero-order chi connectivity index (χ0) is 15.9. The first-order valence-corrected chi connectivity index (χ1v) is 7.62. The summed E-state index contributed by atoms with van der Waals surface area (Å²) >= 11 is 1.35. The van der Waals surface area contributed by atoms with Gasteiger partial charge in [-0.25, -0.2) is 13.2 Å². The maximum atomic E-state index is 13.8. The zero-order valence-electron chi connectivity index (χ0n) is 11.6. The molecule has 2 heterocycles. The van der Waals surface area contributed by atoms with Crippen molar-refractivity contribution in [3.05, 3.63) is 58.8 Å². The summed E-state index contributed by atoms with van der Waals surface area (Å²) in [5, 5.41) is -0.395. The average Bonchev–Trinajstić information content (AvgIpc) is 3.06. The third-order valence-corrected chi connectivity index (χ3v) is 4.64. The van der Waals surface area contributed by atoms with Gasteiger partial charge in [0, 0.05) is 5.56 Å². The highest BCUT2D eigenvalue weighted by molar-refractivity contribution is 8.00. The van der Waals surface area contributed by atoms with Crippen LogP contribution in [0.25, 0.3) is 0 Å². The van der Waals surface area contributed by atoms with Crippen molar-refractivity contribution in [1.82, 2.24) is 4.90 Å². The molecule has 1 aliphatic heterocycles. The van der Waals surface area contributed by atoms with Gasteiger partial charge in [0.05, 0.1) is 12.3 Å². The molecule has 3 rings (SSSR count). The van der Waals surface area contributed by atoms with E-state index >= 15 is 0 Å². The van der Waals surface area contributed by atoms with E-state index in [1.54, 1.807) is 19.1 Å². The molecule has 0 spiro atoms. The molecule has 1 fully saturated rings. The number of halogens is 3. The lowest BCUT2D eigenvalue weighted by Crippen LogP contribution is -2.28. The number of rotatable bonds is 3. The average molecular weight is 327 g/mol. The summed E-state index contributed by atoms with van der Waals surface area (Å²) in [5.74, 6) is -2.73. The van der Waals surface area contributed by atoms with Gasteiger partial charge < -0.3 is 9.32 Å². The molecule has 116 valence electrons. The quantitative estimate of drug-likeness (QED) is 0.805. The molecule has 1 atom stereocenters. The third kappa shape index (κ3) is 2.61. The van der Waals surface area contributed by atoms with Crippen molar-refractivity contribution in [3.63, 3.8) is 0 Å². The van der Waals surface area contributed by atoms with Crippen LogP contribution in [0.2, 0.25) is 0 Å². The minimum absolute atomic E-state index is 0.0666. The summed E-state index contributed by atoms with van der Waals surface area (Å²) in [5.41, 5.74) is -0.0666. The van der Waals surface area contributed by atoms with Gasteiger partial charge in [-0.15, -0.1) is 11.8 Å². The van der Waals surface area contributed by atoms with E-state index in [0.717, 1.165) is 12.1 Å². The van der Waals surface area contributed by atoms with E-state index in [1.165, 1.54) is 16.7 Å². The van der Waals surface area contributed by atoms with Crippen LogP contribution in [0.3, 0.4) is 0 Å². The van der Waals surface area contributed by atoms with Gasteiger partial charge in [-0.1, -0.05) is 6.07 Å². The summed E-state index contributed by atoms with van der Waals surface area (Å²) in [6.45, 7) is 1.64. The second-order valence-corrected chi connectivity index (χ2v) is 6.04. The molecular formula is C15H12F3NO2S. The fourth-order valence-electron chi connectivity index (χ4n) is 2.32. The van der Waals surface area contributed by atoms with Crippen molar-refractivity contribution in [3.8, 4) is 0 Å². The van der Waals surface area contributed by atoms with E-state index in [2.05, 4.69) is 0 Å². The van der Waals surface area contributed by atoms with E-state index in [1.807, 2.05) is 0 Å². The van der Waals surface area contributed by atoms with E-state index in [4.69, 9.17) is 4.42 Å². The van der Waals surface area contributed by atoms with Crippen LogP contribution in [0.4, 0.5) is 13.2 Å². The van der Waals surface area contributed by atoms with Gasteiger partial charge in [-0.05, 0) is 25.1 Å². The number of thioether (sulfide) groups is 1. The predicted molar refractivity (Wildman–Crippen MR) is 75.5 cm³/mol. The van der Waals surface area contributed by atoms with Crippen LogP contribution in [0.5, 0.6) is 0 Å². The number of nitrogens with zero attached hydrogens (tertiary/aromatic N) is 1. The summed E-state index contributed by atoms with van der Waals surface area (Å²) in [4.78, 5) is 13.4. The molecule has 1 aromatic carbocycles. The van der Waals surface area contributed by atoms with Gasteiger partial charge in [0.25, 0.3) is 0 Å². The van der Waals surface area contributed by atoms with Crippen LogP contribution >= 0.6 is 11.8 Å². The first-order valence-electron chi connectivity index (χ1n) is 6.57. The largest absolute Gasteiger partial charge is 0.463 e. The standard InChI is InChI=1S/C15H12F3NO2S/c1-8-2-5-11(21-8)15-19(12(20)7-22-15)6-9-3-4-10(16)14(18)13(9)17/h2-5,15H,6-7H2,1H3. The number of carbonyl (C=O) groups is 1. The number of benzene rings is 1. The molecule has 0 bridgehead atoms. The molecule has 1 saturated heterocycles. The highest BCUT2D eigenvalue weighted by atomic mass is 32.2. The fourth-order valence-corrected chi connectivity index (χ4v) is 3.45. The van der Waals surface area contributed by atoms with Crippen molar-refractivity contribution in [2.75, 3.05) is 5.75 Å². The summed E-state index contributed by atoms with van der Waals surface area (Å²) in [6.07, 6.45) is 0. The van der Waals surface area contributed by atoms with Crippen LogP contribution < -0.4 is 0 Å². The first-order chi connectivity index (χ1) is 10.5. The smallest absolute Gasteiger partial charge is 0.234 e. The Morgan fingerprint density at radius 2 is 2.00 bits per heavy atom. The second kappa shape index (κ2) is 5.72. The summed E-state index contributed by atoms with van der Waals surface area (Å²) in [7, 11) is 0. The number of hydrogen-bond donors (Lipinski definition) is 0. The molecule has 0 saturated carbocycles. The molecule has 0 radical (unpaired) electrons. The molecular weight excluding hydrogens is 315 g/mol. The lowest BCUT2D eigenvalue weighted by Gasteiger charge is -2.22. The van der Waals surface area contributed by atoms with Crippen LogP contribution in [0.1, 0.15) is 22.5 Å². The summed E-state index contributed by atoms with van der Waals surface area (Å²) < 4.78 is 45.6. The second-order valence-electron chi connectivity index (χ2n) is 4.97. The lowest BCUT2D eigenvalue weighted by molar-refractivity contribution is -0.128. The molecule has 0 N–H and O–H groups in total. The third-order valence-electron chi connectivity index (χ3n) is 3.43. The monoisotopic (exact) mass is 327 g/mol. The molecule has 0 aliphatic carbocycles. The Kier molecular flexibility index (Phi) is 3.90. The normalized spacial score (nSPS) is 18.3. The molecule has 22 heavy (non-hydrogen) atoms. The van der Waals surface area contributed by atoms with Crippen LogP contribution in [-0.2, 0) is 11.3 Å². The molecule has 3 nitrogen and oxygen atoms in total. The van der Waals surface area contributed by atoms with E-state index in [0.29, 0.717) is 11.5 Å². The van der Waals surface area contributed by atoms with Crippen LogP contribution in [0.15, 0.2) is 28.7 Å². The van der Waals surface area contributed by atoms with Gasteiger partial charge >= 0.3 is 0 Å². The Morgan fingerprint density at radius 3 is 2.68 bits per heavy atom. The molecule has 1 amide bonds. The van der Waals surface area contributed by atoms with Gasteiger partial charge in [0.1, 0.15) is 16.9 Å². The maximum Gasteiger partial charge on any atom is 0.234 e. The number of furan rings is 1. The van der Waals surface area contributed by atoms with Crippen LogP contribution in [-0.4, -0.2) is 16.6 Å². The first kappa shape index (κ1) is 15.0. The van der Waals surface area contributed by atoms with Crippen molar-refractivity contribution >= 4 is 17.7 Å². The highest BCUT2D eigenvalue weighted by Gasteiger charge is 2.35. The van der Waals surface area contributed by atoms with Crippen molar-refractivity contribution < 1.29 is 22.4 Å². The number of hydrogen-bond acceptors (Lipinski definition) is 3. The Balaban J connectivity index is 1.89. The minimum Gasteiger partial charge on any atom is -0.463 e. The molecule has 2 aromatic rings. The van der Waals surface area contributed by atoms with Gasteiger partial charge in [0.2, 0.25) is 5.91 Å². The van der Waals surface area contributed by atoms with E-state index in [-0.39, 0.29) is 23.8 Å². The van der Waals surface area contributed by atoms with Crippen LogP contribution in [0, 0.1) is 24.4 Å². The Labute approximate surface area is 129 Å². The van der Waals surface area contributed by atoms with Crippen molar-refractivity contribution in [1.29, 1.82) is 0 Å². The predicted octanol–water partition coefficient (Wildman–Crippen LogP) is 3.78. The number of aryl methyl sites for hydroxylation is 1. The topological polar surface area (TPSA) is 33.5 Å². The van der Waals surface area contributed by atoms with Gasteiger partial charge in [0.15, 0.2) is 17.5 Å².